The molecular weight excluding hydrogens is 152 g/mol. The second-order valence-corrected chi connectivity index (χ2v) is 0. The highest BCUT2D eigenvalue weighted by atomic mass is 32.1. The molecular formula is C2H14S4. The highest BCUT2D eigenvalue weighted by molar-refractivity contribution is 7.59. The maximum Gasteiger partial charge on any atom is -0.0683 e. The Labute approximate surface area is 67.9 Å². The topological polar surface area (TPSA) is 0 Å². The van der Waals surface area contributed by atoms with Gasteiger partial charge in [0.25, 0.3) is 0 Å². The van der Waals surface area contributed by atoms with E-state index in [0.717, 1.165) is 0 Å². The lowest BCUT2D eigenvalue weighted by atomic mass is 11.0. The largest absolute Gasteiger partial charge is 0.197 e. The van der Waals surface area contributed by atoms with E-state index in [1.165, 1.54) is 0 Å². The van der Waals surface area contributed by atoms with Crippen LogP contribution in [0.3, 0.4) is 0 Å². The Kier molecular flexibility index (Phi) is 835. The summed E-state index contributed by atoms with van der Waals surface area (Å²) in [5, 5.41) is 0. The summed E-state index contributed by atoms with van der Waals surface area (Å²) < 4.78 is 0. The molecule has 0 aromatic rings. The van der Waals surface area contributed by atoms with Gasteiger partial charge in [0.15, 0.2) is 0 Å². The lowest BCUT2D eigenvalue weighted by Gasteiger charge is -1.07. The van der Waals surface area contributed by atoms with Gasteiger partial charge in [-0.05, 0) is 0 Å². The average molecular weight is 166 g/mol. The molecule has 0 atom stereocenters. The minimum absolute atomic E-state index is 0. The van der Waals surface area contributed by atoms with Gasteiger partial charge in [-0.3, -0.25) is 0 Å². The summed E-state index contributed by atoms with van der Waals surface area (Å²) in [6, 6.07) is 0. The normalized spacial score (nSPS) is 1.00. The van der Waals surface area contributed by atoms with Crippen LogP contribution in [0.25, 0.3) is 0 Å². The highest BCUT2D eigenvalue weighted by Crippen LogP contribution is 1.14. The Hall–Kier alpha value is 1.40. The predicted octanol–water partition coefficient (Wildman–Crippen LogP) is 1.48. The molecule has 0 rings (SSSR count). The number of hydrogen-bond donors (Lipinski definition) is 0. The van der Waals surface area contributed by atoms with Crippen LogP contribution in [0, 0.1) is 0 Å². The molecule has 0 aliphatic rings. The zero-order chi connectivity index (χ0) is 2.00. The van der Waals surface area contributed by atoms with Crippen molar-refractivity contribution < 1.29 is 0 Å². The van der Waals surface area contributed by atoms with E-state index in [4.69, 9.17) is 0 Å². The van der Waals surface area contributed by atoms with Crippen molar-refractivity contribution in [3.63, 3.8) is 0 Å². The maximum absolute atomic E-state index is 2.00. The molecule has 0 nitrogen and oxygen atoms in total. The molecule has 6 heavy (non-hydrogen) atoms. The second kappa shape index (κ2) is 95.2. The molecule has 0 aromatic heterocycles. The third-order valence-corrected chi connectivity index (χ3v) is 0. The van der Waals surface area contributed by atoms with Gasteiger partial charge < -0.3 is 0 Å². The van der Waals surface area contributed by atoms with Gasteiger partial charge >= 0.3 is 0 Å². The summed E-state index contributed by atoms with van der Waals surface area (Å²) in [5.74, 6) is 0. The van der Waals surface area contributed by atoms with Crippen molar-refractivity contribution >= 4 is 54.0 Å². The third-order valence-electron chi connectivity index (χ3n) is 0. The Balaban J connectivity index is -0.000000000833. The van der Waals surface area contributed by atoms with Crippen LogP contribution >= 0.6 is 54.0 Å². The van der Waals surface area contributed by atoms with Crippen LogP contribution in [-0.2, 0) is 0 Å². The maximum atomic E-state index is 2.00. The van der Waals surface area contributed by atoms with Gasteiger partial charge in [-0.2, -0.15) is 54.0 Å². The summed E-state index contributed by atoms with van der Waals surface area (Å²) >= 11 is 0. The van der Waals surface area contributed by atoms with E-state index in [-0.39, 0.29) is 54.0 Å². The molecule has 0 aliphatic heterocycles. The van der Waals surface area contributed by atoms with Crippen LogP contribution in [0.5, 0.6) is 0 Å². The summed E-state index contributed by atoms with van der Waals surface area (Å²) in [6.07, 6.45) is 0. The minimum Gasteiger partial charge on any atom is -0.197 e. The van der Waals surface area contributed by atoms with Crippen LogP contribution in [0.1, 0.15) is 13.8 Å². The van der Waals surface area contributed by atoms with Gasteiger partial charge in [0, 0.05) is 0 Å². The molecule has 0 unspecified atom stereocenters. The van der Waals surface area contributed by atoms with Crippen LogP contribution in [-0.4, -0.2) is 0 Å². The summed E-state index contributed by atoms with van der Waals surface area (Å²) in [6.45, 7) is 4.00. The molecule has 0 aromatic carbocycles. The Morgan fingerprint density at radius 2 is 0.500 bits per heavy atom. The van der Waals surface area contributed by atoms with Crippen molar-refractivity contribution in [2.45, 2.75) is 13.8 Å². The summed E-state index contributed by atoms with van der Waals surface area (Å²) in [5.41, 5.74) is 0. The first-order valence-electron chi connectivity index (χ1n) is 1.00. The van der Waals surface area contributed by atoms with Gasteiger partial charge in [-0.1, -0.05) is 13.8 Å². The molecule has 0 N–H and O–H groups in total. The molecule has 0 radical (unpaired) electrons. The van der Waals surface area contributed by atoms with Crippen molar-refractivity contribution in [1.82, 2.24) is 0 Å². The van der Waals surface area contributed by atoms with Crippen LogP contribution < -0.4 is 0 Å². The lowest BCUT2D eigenvalue weighted by Crippen LogP contribution is -0.856. The zero-order valence-corrected chi connectivity index (χ0v) is 8.00. The molecule has 0 heterocycles. The van der Waals surface area contributed by atoms with E-state index >= 15 is 0 Å². The fourth-order valence-corrected chi connectivity index (χ4v) is 0. The summed E-state index contributed by atoms with van der Waals surface area (Å²) in [7, 11) is 0. The molecule has 0 aliphatic carbocycles. The Morgan fingerprint density at radius 3 is 0.500 bits per heavy atom. The molecule has 0 amide bonds. The first-order valence-corrected chi connectivity index (χ1v) is 1.00. The Morgan fingerprint density at radius 1 is 0.500 bits per heavy atom. The summed E-state index contributed by atoms with van der Waals surface area (Å²) in [4.78, 5) is 0. The SMILES string of the molecule is CC.S.S.S.S. The fourth-order valence-electron chi connectivity index (χ4n) is 0. The monoisotopic (exact) mass is 166 g/mol. The van der Waals surface area contributed by atoms with Crippen molar-refractivity contribution in [2.75, 3.05) is 0 Å². The van der Waals surface area contributed by atoms with Gasteiger partial charge in [0.2, 0.25) is 0 Å². The standard InChI is InChI=1S/C2H6.4H2S/c1-2;;;;/h1-2H3;4*1H2. The van der Waals surface area contributed by atoms with E-state index in [9.17, 15) is 0 Å². The van der Waals surface area contributed by atoms with Gasteiger partial charge in [-0.25, -0.2) is 0 Å². The quantitative estimate of drug-likeness (QED) is 0.511. The van der Waals surface area contributed by atoms with E-state index < -0.39 is 0 Å². The third kappa shape index (κ3) is 53.3. The molecule has 4 heteroatoms. The van der Waals surface area contributed by atoms with E-state index in [2.05, 4.69) is 0 Å². The predicted molar refractivity (Wildman–Crippen MR) is 52.9 cm³/mol. The van der Waals surface area contributed by atoms with Crippen LogP contribution in [0.4, 0.5) is 0 Å². The molecule has 0 bridgehead atoms. The van der Waals surface area contributed by atoms with E-state index in [1.807, 2.05) is 13.8 Å². The first-order chi connectivity index (χ1) is 1.00. The van der Waals surface area contributed by atoms with Crippen molar-refractivity contribution in [3.05, 3.63) is 0 Å². The number of hydrogen-bond acceptors (Lipinski definition) is 0. The lowest BCUT2D eigenvalue weighted by molar-refractivity contribution is 1.50. The minimum atomic E-state index is 0. The van der Waals surface area contributed by atoms with Gasteiger partial charge in [-0.15, -0.1) is 0 Å². The zero-order valence-electron chi connectivity index (χ0n) is 4.00. The van der Waals surface area contributed by atoms with Crippen molar-refractivity contribution in [1.29, 1.82) is 0 Å². The van der Waals surface area contributed by atoms with E-state index in [0.29, 0.717) is 0 Å². The highest BCUT2D eigenvalue weighted by Gasteiger charge is 0.932. The molecule has 0 spiro atoms. The second-order valence-electron chi connectivity index (χ2n) is 0. The van der Waals surface area contributed by atoms with Crippen molar-refractivity contribution in [2.24, 2.45) is 0 Å². The molecule has 46 valence electrons. The van der Waals surface area contributed by atoms with E-state index in [1.54, 1.807) is 0 Å². The Bertz CT molecular complexity index is 5.51. The smallest absolute Gasteiger partial charge is 0.0683 e. The van der Waals surface area contributed by atoms with Crippen LogP contribution in [0.15, 0.2) is 0 Å². The van der Waals surface area contributed by atoms with Crippen LogP contribution in [0.2, 0.25) is 0 Å². The fraction of sp³-hybridized carbons (Fsp3) is 1.00. The van der Waals surface area contributed by atoms with Gasteiger partial charge in [0.05, 0.1) is 0 Å². The number of rotatable bonds is 0. The molecule has 0 fully saturated rings. The molecule has 0 saturated heterocycles. The average Bonchev–Trinajstić information content (AvgIpc) is 1.00. The van der Waals surface area contributed by atoms with Gasteiger partial charge in [0.1, 0.15) is 0 Å². The first kappa shape index (κ1) is 52.6. The molecule has 0 saturated carbocycles. The van der Waals surface area contributed by atoms with Crippen molar-refractivity contribution in [3.8, 4) is 0 Å².